The molecule has 2 nitrogen and oxygen atoms in total. The quantitative estimate of drug-likeness (QED) is 0.516. The van der Waals surface area contributed by atoms with Crippen LogP contribution in [-0.2, 0) is 0 Å². The first-order chi connectivity index (χ1) is 10.1. The van der Waals surface area contributed by atoms with Crippen LogP contribution in [0, 0.1) is 34.5 Å². The van der Waals surface area contributed by atoms with E-state index in [9.17, 15) is 0 Å². The molecule has 0 spiro atoms. The lowest BCUT2D eigenvalue weighted by atomic mass is 9.46. The lowest BCUT2D eigenvalue weighted by Gasteiger charge is -2.58. The summed E-state index contributed by atoms with van der Waals surface area (Å²) in [7, 11) is 0. The molecule has 0 saturated heterocycles. The Morgan fingerprint density at radius 1 is 1.10 bits per heavy atom. The Kier molecular flexibility index (Phi) is 3.03. The number of fused-ring (bicyclic) bond motifs is 5. The largest absolute Gasteiger partial charge is 0.323 e. The Hall–Kier alpha value is -0.790. The minimum absolute atomic E-state index is 0.404. The molecule has 6 atom stereocenters. The Labute approximate surface area is 129 Å². The molecule has 4 aliphatic rings. The first kappa shape index (κ1) is 13.8. The van der Waals surface area contributed by atoms with Crippen LogP contribution in [0.5, 0.6) is 0 Å². The van der Waals surface area contributed by atoms with E-state index in [1.165, 1.54) is 44.9 Å². The standard InChI is InChI=1S/C19H30N2/c1-18-9-3-4-16(18)15-6-5-13-12-14(21-20)7-11-19(13,2)17(15)8-10-18/h7,11,13,15-17H,3-6,8-10,12,20H2,1-2H3/b21-14+/t13?,15-,16-,17-,18-,19-/m0/s1. The Morgan fingerprint density at radius 2 is 1.95 bits per heavy atom. The van der Waals surface area contributed by atoms with E-state index in [0.717, 1.165) is 35.8 Å². The maximum absolute atomic E-state index is 5.52. The summed E-state index contributed by atoms with van der Waals surface area (Å²) >= 11 is 0. The van der Waals surface area contributed by atoms with Gasteiger partial charge in [-0.05, 0) is 85.5 Å². The highest BCUT2D eigenvalue weighted by molar-refractivity contribution is 5.95. The molecule has 4 rings (SSSR count). The molecule has 2 N–H and O–H groups in total. The van der Waals surface area contributed by atoms with Crippen molar-refractivity contribution in [1.82, 2.24) is 0 Å². The van der Waals surface area contributed by atoms with E-state index < -0.39 is 0 Å². The fourth-order valence-electron chi connectivity index (χ4n) is 6.74. The molecule has 116 valence electrons. The van der Waals surface area contributed by atoms with Gasteiger partial charge in [-0.25, -0.2) is 0 Å². The maximum Gasteiger partial charge on any atom is 0.0600 e. The Bertz CT molecular complexity index is 494. The van der Waals surface area contributed by atoms with Crippen LogP contribution in [0.15, 0.2) is 17.3 Å². The number of allylic oxidation sites excluding steroid dienone is 2. The highest BCUT2D eigenvalue weighted by atomic mass is 15.1. The van der Waals surface area contributed by atoms with Crippen molar-refractivity contribution in [2.24, 2.45) is 45.4 Å². The van der Waals surface area contributed by atoms with Gasteiger partial charge in [0.25, 0.3) is 0 Å². The van der Waals surface area contributed by atoms with E-state index in [1.807, 2.05) is 0 Å². The first-order valence-electron chi connectivity index (χ1n) is 9.03. The zero-order valence-corrected chi connectivity index (χ0v) is 13.6. The van der Waals surface area contributed by atoms with E-state index in [0.29, 0.717) is 10.8 Å². The summed E-state index contributed by atoms with van der Waals surface area (Å²) in [6, 6.07) is 0. The number of hydrogen-bond acceptors (Lipinski definition) is 2. The summed E-state index contributed by atoms with van der Waals surface area (Å²) in [6.07, 6.45) is 16.0. The third kappa shape index (κ3) is 1.87. The molecule has 4 aliphatic carbocycles. The molecule has 0 heterocycles. The van der Waals surface area contributed by atoms with Crippen molar-refractivity contribution in [3.05, 3.63) is 12.2 Å². The average Bonchev–Trinajstić information content (AvgIpc) is 2.88. The molecule has 0 aromatic rings. The zero-order chi connectivity index (χ0) is 14.7. The van der Waals surface area contributed by atoms with E-state index in [-0.39, 0.29) is 0 Å². The highest BCUT2D eigenvalue weighted by Gasteiger charge is 2.56. The summed E-state index contributed by atoms with van der Waals surface area (Å²) in [4.78, 5) is 0. The van der Waals surface area contributed by atoms with Crippen molar-refractivity contribution in [3.63, 3.8) is 0 Å². The fraction of sp³-hybridized carbons (Fsp3) is 0.842. The second-order valence-corrected chi connectivity index (χ2v) is 8.76. The van der Waals surface area contributed by atoms with Crippen LogP contribution in [0.2, 0.25) is 0 Å². The van der Waals surface area contributed by atoms with Crippen molar-refractivity contribution in [3.8, 4) is 0 Å². The smallest absolute Gasteiger partial charge is 0.0600 e. The first-order valence-corrected chi connectivity index (χ1v) is 9.03. The van der Waals surface area contributed by atoms with Crippen LogP contribution < -0.4 is 5.84 Å². The molecule has 0 aliphatic heterocycles. The van der Waals surface area contributed by atoms with Gasteiger partial charge in [0.15, 0.2) is 0 Å². The molecule has 0 bridgehead atoms. The van der Waals surface area contributed by atoms with Crippen LogP contribution in [0.3, 0.4) is 0 Å². The van der Waals surface area contributed by atoms with Crippen molar-refractivity contribution in [2.45, 2.75) is 65.2 Å². The fourth-order valence-corrected chi connectivity index (χ4v) is 6.74. The Morgan fingerprint density at radius 3 is 2.76 bits per heavy atom. The molecule has 0 aromatic heterocycles. The molecule has 3 saturated carbocycles. The van der Waals surface area contributed by atoms with E-state index >= 15 is 0 Å². The summed E-state index contributed by atoms with van der Waals surface area (Å²) in [5.41, 5.74) is 2.19. The number of rotatable bonds is 0. The number of nitrogens with zero attached hydrogens (tertiary/aromatic N) is 1. The van der Waals surface area contributed by atoms with Crippen LogP contribution >= 0.6 is 0 Å². The zero-order valence-electron chi connectivity index (χ0n) is 13.6. The van der Waals surface area contributed by atoms with Gasteiger partial charge in [-0.1, -0.05) is 26.3 Å². The van der Waals surface area contributed by atoms with Gasteiger partial charge in [-0.2, -0.15) is 5.10 Å². The molecule has 21 heavy (non-hydrogen) atoms. The average molecular weight is 286 g/mol. The normalized spacial score (nSPS) is 54.1. The SMILES string of the molecule is C[C@@]12CCC[C@H]1[C@@H]1CCC3C/C(=N/N)C=C[C@]3(C)[C@H]1CC2. The van der Waals surface area contributed by atoms with E-state index in [4.69, 9.17) is 5.84 Å². The third-order valence-corrected chi connectivity index (χ3v) is 8.00. The Balaban J connectivity index is 1.67. The van der Waals surface area contributed by atoms with Crippen LogP contribution in [0.25, 0.3) is 0 Å². The maximum atomic E-state index is 5.52. The molecular weight excluding hydrogens is 256 g/mol. The molecular formula is C19H30N2. The highest BCUT2D eigenvalue weighted by Crippen LogP contribution is 2.65. The van der Waals surface area contributed by atoms with Gasteiger partial charge >= 0.3 is 0 Å². The molecule has 3 fully saturated rings. The van der Waals surface area contributed by atoms with Crippen molar-refractivity contribution < 1.29 is 0 Å². The summed E-state index contributed by atoms with van der Waals surface area (Å²) in [5, 5.41) is 3.97. The van der Waals surface area contributed by atoms with Crippen LogP contribution in [-0.4, -0.2) is 5.71 Å². The predicted molar refractivity (Wildman–Crippen MR) is 87.9 cm³/mol. The third-order valence-electron chi connectivity index (χ3n) is 8.00. The second kappa shape index (κ2) is 4.60. The topological polar surface area (TPSA) is 38.4 Å². The second-order valence-electron chi connectivity index (χ2n) is 8.76. The van der Waals surface area contributed by atoms with Crippen LogP contribution in [0.1, 0.15) is 65.2 Å². The van der Waals surface area contributed by atoms with Gasteiger partial charge in [0.1, 0.15) is 0 Å². The van der Waals surface area contributed by atoms with Gasteiger partial charge in [-0.15, -0.1) is 0 Å². The predicted octanol–water partition coefficient (Wildman–Crippen LogP) is 4.51. The lowest BCUT2D eigenvalue weighted by molar-refractivity contribution is -0.0632. The molecule has 2 heteroatoms. The summed E-state index contributed by atoms with van der Waals surface area (Å²) in [6.45, 7) is 5.13. The van der Waals surface area contributed by atoms with Crippen molar-refractivity contribution in [1.29, 1.82) is 0 Å². The van der Waals surface area contributed by atoms with Gasteiger partial charge in [0.2, 0.25) is 0 Å². The number of hydrazone groups is 1. The minimum atomic E-state index is 0.404. The van der Waals surface area contributed by atoms with E-state index in [1.54, 1.807) is 0 Å². The summed E-state index contributed by atoms with van der Waals surface area (Å²) < 4.78 is 0. The van der Waals surface area contributed by atoms with Gasteiger partial charge in [0.05, 0.1) is 5.71 Å². The number of hydrogen-bond donors (Lipinski definition) is 1. The number of nitrogens with two attached hydrogens (primary N) is 1. The monoisotopic (exact) mass is 286 g/mol. The van der Waals surface area contributed by atoms with Gasteiger partial charge in [-0.3, -0.25) is 0 Å². The summed E-state index contributed by atoms with van der Waals surface area (Å²) in [5.74, 6) is 9.19. The van der Waals surface area contributed by atoms with Crippen LogP contribution in [0.4, 0.5) is 0 Å². The molecule has 1 unspecified atom stereocenters. The molecule has 0 radical (unpaired) electrons. The molecule has 0 amide bonds. The minimum Gasteiger partial charge on any atom is -0.323 e. The van der Waals surface area contributed by atoms with Crippen molar-refractivity contribution in [2.75, 3.05) is 0 Å². The van der Waals surface area contributed by atoms with Gasteiger partial charge < -0.3 is 5.84 Å². The van der Waals surface area contributed by atoms with E-state index in [2.05, 4.69) is 31.1 Å². The van der Waals surface area contributed by atoms with Gasteiger partial charge in [0, 0.05) is 0 Å². The van der Waals surface area contributed by atoms with Crippen molar-refractivity contribution >= 4 is 5.71 Å². The lowest BCUT2D eigenvalue weighted by Crippen LogP contribution is -2.51. The molecule has 0 aromatic carbocycles.